The summed E-state index contributed by atoms with van der Waals surface area (Å²) in [5.74, 6) is 0.106. The first-order chi connectivity index (χ1) is 19.6. The third-order valence-corrected chi connectivity index (χ3v) is 10.2. The van der Waals surface area contributed by atoms with Gasteiger partial charge in [0, 0.05) is 32.2 Å². The maximum Gasteiger partial charge on any atom is 0.243 e. The molecule has 3 aromatic rings. The fraction of sp³-hybridized carbons (Fsp3) is 0.321. The summed E-state index contributed by atoms with van der Waals surface area (Å²) in [7, 11) is -4.88. The molecule has 1 N–H and O–H groups in total. The lowest BCUT2D eigenvalue weighted by atomic mass is 10.2. The Morgan fingerprint density at radius 1 is 0.854 bits per heavy atom. The summed E-state index contributed by atoms with van der Waals surface area (Å²) in [5, 5.41) is 2.74. The number of carbonyl (C=O) groups excluding carboxylic acids is 1. The highest BCUT2D eigenvalue weighted by atomic mass is 32.2. The van der Waals surface area contributed by atoms with Crippen LogP contribution in [0.5, 0.6) is 11.5 Å². The van der Waals surface area contributed by atoms with E-state index >= 15 is 0 Å². The molecule has 0 radical (unpaired) electrons. The minimum atomic E-state index is -4.11. The second-order valence-electron chi connectivity index (χ2n) is 9.21. The minimum Gasteiger partial charge on any atom is -0.493 e. The zero-order valence-corrected chi connectivity index (χ0v) is 24.5. The standard InChI is InChI=1S/C28H33N3O8S2/c1-37-26-13-12-25(18-27(26)38-2)41(35,36)31(20-23-6-4-3-5-7-23)21-28(32)29-19-22-8-10-24(11-9-22)40(33,34)30-14-16-39-17-15-30/h3-13,18H,14-17,19-21H2,1-2H3,(H,29,32). The normalized spacial score (nSPS) is 14.5. The van der Waals surface area contributed by atoms with E-state index in [1.165, 1.54) is 48.9 Å². The van der Waals surface area contributed by atoms with Crippen LogP contribution in [0.25, 0.3) is 0 Å². The molecule has 0 unspecified atom stereocenters. The predicted octanol–water partition coefficient (Wildman–Crippen LogP) is 2.23. The lowest BCUT2D eigenvalue weighted by molar-refractivity contribution is -0.121. The SMILES string of the molecule is COc1ccc(S(=O)(=O)N(CC(=O)NCc2ccc(S(=O)(=O)N3CCOCC3)cc2)Cc2ccccc2)cc1OC. The van der Waals surface area contributed by atoms with Crippen molar-refractivity contribution >= 4 is 26.0 Å². The highest BCUT2D eigenvalue weighted by Gasteiger charge is 2.29. The molecular formula is C28H33N3O8S2. The molecule has 0 aliphatic carbocycles. The topological polar surface area (TPSA) is 132 Å². The Kier molecular flexibility index (Phi) is 9.99. The molecule has 1 fully saturated rings. The summed E-state index contributed by atoms with van der Waals surface area (Å²) in [6.45, 7) is 0.927. The zero-order valence-electron chi connectivity index (χ0n) is 22.9. The fourth-order valence-corrected chi connectivity index (χ4v) is 7.08. The second kappa shape index (κ2) is 13.4. The van der Waals surface area contributed by atoms with Crippen LogP contribution in [0.1, 0.15) is 11.1 Å². The molecule has 1 amide bonds. The number of rotatable bonds is 12. The monoisotopic (exact) mass is 603 g/mol. The Labute approximate surface area is 240 Å². The van der Waals surface area contributed by atoms with Crippen molar-refractivity contribution in [3.8, 4) is 11.5 Å². The summed E-state index contributed by atoms with van der Waals surface area (Å²) in [5.41, 5.74) is 1.37. The third-order valence-electron chi connectivity index (χ3n) is 6.54. The molecular weight excluding hydrogens is 570 g/mol. The van der Waals surface area contributed by atoms with Crippen molar-refractivity contribution in [1.29, 1.82) is 0 Å². The number of hydrogen-bond donors (Lipinski definition) is 1. The van der Waals surface area contributed by atoms with E-state index in [1.54, 1.807) is 36.4 Å². The van der Waals surface area contributed by atoms with Gasteiger partial charge in [-0.3, -0.25) is 4.79 Å². The van der Waals surface area contributed by atoms with Gasteiger partial charge in [0.05, 0.1) is 43.8 Å². The molecule has 0 spiro atoms. The molecule has 0 saturated carbocycles. The van der Waals surface area contributed by atoms with Crippen LogP contribution in [0.2, 0.25) is 0 Å². The van der Waals surface area contributed by atoms with E-state index < -0.39 is 32.5 Å². The second-order valence-corrected chi connectivity index (χ2v) is 13.1. The van der Waals surface area contributed by atoms with Crippen LogP contribution in [0.15, 0.2) is 82.6 Å². The summed E-state index contributed by atoms with van der Waals surface area (Å²) >= 11 is 0. The number of nitrogens with zero attached hydrogens (tertiary/aromatic N) is 2. The van der Waals surface area contributed by atoms with Gasteiger partial charge in [-0.15, -0.1) is 0 Å². The highest BCUT2D eigenvalue weighted by molar-refractivity contribution is 7.89. The van der Waals surface area contributed by atoms with Crippen LogP contribution in [0.4, 0.5) is 0 Å². The number of nitrogens with one attached hydrogen (secondary N) is 1. The van der Waals surface area contributed by atoms with Crippen LogP contribution in [0, 0.1) is 0 Å². The lowest BCUT2D eigenvalue weighted by Gasteiger charge is -2.26. The van der Waals surface area contributed by atoms with Gasteiger partial charge < -0.3 is 19.5 Å². The number of carbonyl (C=O) groups is 1. The van der Waals surface area contributed by atoms with E-state index in [1.807, 2.05) is 6.07 Å². The van der Waals surface area contributed by atoms with E-state index in [0.29, 0.717) is 43.2 Å². The van der Waals surface area contributed by atoms with E-state index in [4.69, 9.17) is 14.2 Å². The van der Waals surface area contributed by atoms with Crippen molar-refractivity contribution in [3.05, 3.63) is 83.9 Å². The van der Waals surface area contributed by atoms with Gasteiger partial charge in [0.1, 0.15) is 0 Å². The Balaban J connectivity index is 1.47. The van der Waals surface area contributed by atoms with Crippen molar-refractivity contribution in [1.82, 2.24) is 13.9 Å². The summed E-state index contributed by atoms with van der Waals surface area (Å²) < 4.78 is 71.2. The van der Waals surface area contributed by atoms with Crippen LogP contribution < -0.4 is 14.8 Å². The number of ether oxygens (including phenoxy) is 3. The Morgan fingerprint density at radius 3 is 2.12 bits per heavy atom. The Hall–Kier alpha value is -3.49. The average Bonchev–Trinajstić information content (AvgIpc) is 3.00. The molecule has 1 heterocycles. The third kappa shape index (κ3) is 7.43. The van der Waals surface area contributed by atoms with Crippen molar-refractivity contribution in [2.75, 3.05) is 47.1 Å². The number of morpholine rings is 1. The number of hydrogen-bond acceptors (Lipinski definition) is 8. The molecule has 0 bridgehead atoms. The van der Waals surface area contributed by atoms with Crippen molar-refractivity contribution in [2.24, 2.45) is 0 Å². The van der Waals surface area contributed by atoms with Gasteiger partial charge in [-0.1, -0.05) is 42.5 Å². The van der Waals surface area contributed by atoms with E-state index in [0.717, 1.165) is 4.31 Å². The quantitative estimate of drug-likeness (QED) is 0.334. The van der Waals surface area contributed by atoms with Crippen LogP contribution in [-0.2, 0) is 42.7 Å². The maximum atomic E-state index is 13.7. The predicted molar refractivity (Wildman–Crippen MR) is 151 cm³/mol. The largest absolute Gasteiger partial charge is 0.493 e. The number of methoxy groups -OCH3 is 2. The molecule has 11 nitrogen and oxygen atoms in total. The van der Waals surface area contributed by atoms with Gasteiger partial charge in [0.2, 0.25) is 26.0 Å². The van der Waals surface area contributed by atoms with E-state index in [2.05, 4.69) is 5.32 Å². The molecule has 220 valence electrons. The van der Waals surface area contributed by atoms with Crippen LogP contribution in [-0.4, -0.2) is 78.4 Å². The van der Waals surface area contributed by atoms with Crippen LogP contribution in [0.3, 0.4) is 0 Å². The molecule has 3 aromatic carbocycles. The average molecular weight is 604 g/mol. The lowest BCUT2D eigenvalue weighted by Crippen LogP contribution is -2.40. The summed E-state index contributed by atoms with van der Waals surface area (Å²) in [4.78, 5) is 13.1. The first kappa shape index (κ1) is 30.5. The number of amides is 1. The molecule has 41 heavy (non-hydrogen) atoms. The highest BCUT2D eigenvalue weighted by Crippen LogP contribution is 2.31. The molecule has 1 aliphatic heterocycles. The van der Waals surface area contributed by atoms with Gasteiger partial charge in [0.15, 0.2) is 11.5 Å². The Morgan fingerprint density at radius 2 is 1.49 bits per heavy atom. The molecule has 1 saturated heterocycles. The molecule has 1 aliphatic rings. The first-order valence-corrected chi connectivity index (χ1v) is 15.7. The van der Waals surface area contributed by atoms with Gasteiger partial charge in [0.25, 0.3) is 0 Å². The molecule has 4 rings (SSSR count). The Bertz CT molecular complexity index is 1540. The summed E-state index contributed by atoms with van der Waals surface area (Å²) in [6.07, 6.45) is 0. The van der Waals surface area contributed by atoms with Crippen molar-refractivity contribution < 1.29 is 35.8 Å². The molecule has 0 aromatic heterocycles. The first-order valence-electron chi connectivity index (χ1n) is 12.8. The number of sulfonamides is 2. The van der Waals surface area contributed by atoms with Crippen molar-refractivity contribution in [3.63, 3.8) is 0 Å². The van der Waals surface area contributed by atoms with E-state index in [-0.39, 0.29) is 28.6 Å². The van der Waals surface area contributed by atoms with Gasteiger partial charge >= 0.3 is 0 Å². The van der Waals surface area contributed by atoms with Crippen LogP contribution >= 0.6 is 0 Å². The maximum absolute atomic E-state index is 13.7. The van der Waals surface area contributed by atoms with E-state index in [9.17, 15) is 21.6 Å². The molecule has 13 heteroatoms. The number of benzene rings is 3. The smallest absolute Gasteiger partial charge is 0.243 e. The van der Waals surface area contributed by atoms with Gasteiger partial charge in [-0.2, -0.15) is 8.61 Å². The zero-order chi connectivity index (χ0) is 29.5. The van der Waals surface area contributed by atoms with Gasteiger partial charge in [-0.05, 0) is 35.4 Å². The minimum absolute atomic E-state index is 0.0287. The molecule has 0 atom stereocenters. The van der Waals surface area contributed by atoms with Crippen molar-refractivity contribution in [2.45, 2.75) is 22.9 Å². The summed E-state index contributed by atoms with van der Waals surface area (Å²) in [6, 6.07) is 19.4. The fourth-order valence-electron chi connectivity index (χ4n) is 4.27. The van der Waals surface area contributed by atoms with Gasteiger partial charge in [-0.25, -0.2) is 16.8 Å².